The summed E-state index contributed by atoms with van der Waals surface area (Å²) in [5.41, 5.74) is -1.52. The molecular formula is C15H20O5. The van der Waals surface area contributed by atoms with Crippen molar-refractivity contribution in [2.75, 3.05) is 7.11 Å². The average molecular weight is 280 g/mol. The number of hydrogen-bond acceptors (Lipinski definition) is 5. The van der Waals surface area contributed by atoms with Crippen LogP contribution in [-0.2, 0) is 14.3 Å². The van der Waals surface area contributed by atoms with Crippen molar-refractivity contribution in [2.45, 2.75) is 32.5 Å². The molecule has 0 saturated carbocycles. The molecule has 1 N–H and O–H groups in total. The van der Waals surface area contributed by atoms with Crippen LogP contribution in [0.5, 0.6) is 0 Å². The van der Waals surface area contributed by atoms with Crippen molar-refractivity contribution in [3.05, 3.63) is 35.9 Å². The standard InChI is InChI=1S/C15H20O5/c1-10(2)15(18,14(17)19-4)11(3)20-13(16)12-8-6-5-7-9-12/h5-11,18H,1-4H3/t11-,15+/m1/s1. The molecule has 0 bridgehead atoms. The number of esters is 2. The normalized spacial score (nSPS) is 15.3. The minimum absolute atomic E-state index is 0.357. The van der Waals surface area contributed by atoms with Crippen molar-refractivity contribution >= 4 is 11.9 Å². The fourth-order valence-electron chi connectivity index (χ4n) is 1.93. The van der Waals surface area contributed by atoms with Gasteiger partial charge in [0, 0.05) is 0 Å². The van der Waals surface area contributed by atoms with E-state index >= 15 is 0 Å². The molecule has 0 unspecified atom stereocenters. The van der Waals surface area contributed by atoms with Crippen LogP contribution in [0.3, 0.4) is 0 Å². The average Bonchev–Trinajstić information content (AvgIpc) is 2.45. The Morgan fingerprint density at radius 3 is 2.15 bits per heavy atom. The zero-order chi connectivity index (χ0) is 15.3. The summed E-state index contributed by atoms with van der Waals surface area (Å²) < 4.78 is 9.80. The lowest BCUT2D eigenvalue weighted by Gasteiger charge is -2.34. The summed E-state index contributed by atoms with van der Waals surface area (Å²) in [7, 11) is 1.18. The number of hydrogen-bond donors (Lipinski definition) is 1. The van der Waals surface area contributed by atoms with Gasteiger partial charge in [0.25, 0.3) is 0 Å². The number of benzene rings is 1. The summed E-state index contributed by atoms with van der Waals surface area (Å²) in [5.74, 6) is -1.88. The first-order valence-corrected chi connectivity index (χ1v) is 6.40. The zero-order valence-corrected chi connectivity index (χ0v) is 12.1. The lowest BCUT2D eigenvalue weighted by molar-refractivity contribution is -0.181. The van der Waals surface area contributed by atoms with E-state index in [1.807, 2.05) is 0 Å². The van der Waals surface area contributed by atoms with Gasteiger partial charge in [-0.3, -0.25) is 0 Å². The molecule has 0 saturated heterocycles. The van der Waals surface area contributed by atoms with Crippen molar-refractivity contribution in [3.63, 3.8) is 0 Å². The van der Waals surface area contributed by atoms with E-state index in [2.05, 4.69) is 4.74 Å². The number of methoxy groups -OCH3 is 1. The molecule has 110 valence electrons. The second kappa shape index (κ2) is 6.52. The number of carbonyl (C=O) groups is 2. The highest BCUT2D eigenvalue weighted by atomic mass is 16.6. The Morgan fingerprint density at radius 1 is 1.15 bits per heavy atom. The van der Waals surface area contributed by atoms with E-state index in [4.69, 9.17) is 4.74 Å². The Kier molecular flexibility index (Phi) is 5.27. The summed E-state index contributed by atoms with van der Waals surface area (Å²) in [6, 6.07) is 8.38. The van der Waals surface area contributed by atoms with Gasteiger partial charge in [0.1, 0.15) is 6.10 Å². The summed E-state index contributed by atoms with van der Waals surface area (Å²) in [6.07, 6.45) is -1.03. The molecule has 0 spiro atoms. The second-order valence-electron chi connectivity index (χ2n) is 4.89. The summed E-state index contributed by atoms with van der Waals surface area (Å²) >= 11 is 0. The van der Waals surface area contributed by atoms with Gasteiger partial charge in [0.15, 0.2) is 0 Å². The van der Waals surface area contributed by atoms with Gasteiger partial charge in [-0.2, -0.15) is 0 Å². The molecule has 0 amide bonds. The van der Waals surface area contributed by atoms with Crippen LogP contribution in [0.1, 0.15) is 31.1 Å². The van der Waals surface area contributed by atoms with E-state index in [1.54, 1.807) is 44.2 Å². The second-order valence-corrected chi connectivity index (χ2v) is 4.89. The highest BCUT2D eigenvalue weighted by Gasteiger charge is 2.48. The Hall–Kier alpha value is -1.88. The molecule has 1 aromatic rings. The van der Waals surface area contributed by atoms with Gasteiger partial charge in [-0.05, 0) is 25.0 Å². The van der Waals surface area contributed by atoms with Crippen molar-refractivity contribution in [2.24, 2.45) is 5.92 Å². The molecule has 2 atom stereocenters. The summed E-state index contributed by atoms with van der Waals surface area (Å²) in [6.45, 7) is 4.78. The molecule has 0 radical (unpaired) electrons. The molecule has 0 fully saturated rings. The quantitative estimate of drug-likeness (QED) is 0.832. The first kappa shape index (κ1) is 16.2. The Balaban J connectivity index is 2.90. The van der Waals surface area contributed by atoms with Gasteiger partial charge in [0.05, 0.1) is 12.7 Å². The molecule has 5 nitrogen and oxygen atoms in total. The van der Waals surface area contributed by atoms with Crippen LogP contribution >= 0.6 is 0 Å². The number of ether oxygens (including phenoxy) is 2. The van der Waals surface area contributed by atoms with Crippen molar-refractivity contribution < 1.29 is 24.2 Å². The summed E-state index contributed by atoms with van der Waals surface area (Å²) in [4.78, 5) is 23.7. The van der Waals surface area contributed by atoms with E-state index in [0.29, 0.717) is 5.56 Å². The molecular weight excluding hydrogens is 260 g/mol. The first-order chi connectivity index (χ1) is 9.33. The van der Waals surface area contributed by atoms with Crippen LogP contribution in [0, 0.1) is 5.92 Å². The predicted octanol–water partition coefficient (Wildman–Crippen LogP) is 1.79. The van der Waals surface area contributed by atoms with Gasteiger partial charge in [-0.25, -0.2) is 9.59 Å². The maximum absolute atomic E-state index is 11.9. The number of rotatable bonds is 5. The first-order valence-electron chi connectivity index (χ1n) is 6.40. The van der Waals surface area contributed by atoms with Crippen LogP contribution in [0.2, 0.25) is 0 Å². The lowest BCUT2D eigenvalue weighted by atomic mass is 9.85. The van der Waals surface area contributed by atoms with Crippen molar-refractivity contribution in [3.8, 4) is 0 Å². The number of aliphatic hydroxyl groups is 1. The maximum Gasteiger partial charge on any atom is 0.342 e. The van der Waals surface area contributed by atoms with E-state index in [-0.39, 0.29) is 0 Å². The molecule has 20 heavy (non-hydrogen) atoms. The van der Waals surface area contributed by atoms with Crippen LogP contribution in [0.25, 0.3) is 0 Å². The largest absolute Gasteiger partial charge is 0.467 e. The molecule has 1 rings (SSSR count). The van der Waals surface area contributed by atoms with Gasteiger partial charge in [-0.15, -0.1) is 0 Å². The fraction of sp³-hybridized carbons (Fsp3) is 0.467. The molecule has 0 aliphatic heterocycles. The highest BCUT2D eigenvalue weighted by molar-refractivity contribution is 5.90. The Labute approximate surface area is 118 Å². The Morgan fingerprint density at radius 2 is 1.70 bits per heavy atom. The van der Waals surface area contributed by atoms with Gasteiger partial charge < -0.3 is 14.6 Å². The third kappa shape index (κ3) is 3.17. The van der Waals surface area contributed by atoms with E-state index in [1.165, 1.54) is 14.0 Å². The minimum atomic E-state index is -1.88. The van der Waals surface area contributed by atoms with Gasteiger partial charge in [0.2, 0.25) is 5.60 Å². The van der Waals surface area contributed by atoms with E-state index in [9.17, 15) is 14.7 Å². The monoisotopic (exact) mass is 280 g/mol. The zero-order valence-electron chi connectivity index (χ0n) is 12.1. The van der Waals surface area contributed by atoms with Gasteiger partial charge in [-0.1, -0.05) is 32.0 Å². The van der Waals surface area contributed by atoms with Gasteiger partial charge >= 0.3 is 11.9 Å². The number of carbonyl (C=O) groups excluding carboxylic acids is 2. The highest BCUT2D eigenvalue weighted by Crippen LogP contribution is 2.26. The summed E-state index contributed by atoms with van der Waals surface area (Å²) in [5, 5.41) is 10.5. The molecule has 0 heterocycles. The Bertz CT molecular complexity index is 468. The third-order valence-corrected chi connectivity index (χ3v) is 3.31. The SMILES string of the molecule is COC(=O)[C@](O)(C(C)C)[C@@H](C)OC(=O)c1ccccc1. The van der Waals surface area contributed by atoms with Crippen LogP contribution in [0.4, 0.5) is 0 Å². The maximum atomic E-state index is 11.9. The van der Waals surface area contributed by atoms with Crippen molar-refractivity contribution in [1.82, 2.24) is 0 Å². The third-order valence-electron chi connectivity index (χ3n) is 3.31. The van der Waals surface area contributed by atoms with Crippen LogP contribution in [0.15, 0.2) is 30.3 Å². The molecule has 0 aromatic heterocycles. The lowest BCUT2D eigenvalue weighted by Crippen LogP contribution is -2.54. The molecule has 0 aliphatic rings. The predicted molar refractivity (Wildman–Crippen MR) is 73.1 cm³/mol. The van der Waals surface area contributed by atoms with Crippen LogP contribution in [-0.4, -0.2) is 35.9 Å². The van der Waals surface area contributed by atoms with E-state index in [0.717, 1.165) is 0 Å². The smallest absolute Gasteiger partial charge is 0.342 e. The molecule has 0 aliphatic carbocycles. The molecule has 5 heteroatoms. The van der Waals surface area contributed by atoms with Crippen molar-refractivity contribution in [1.29, 1.82) is 0 Å². The molecule has 1 aromatic carbocycles. The van der Waals surface area contributed by atoms with Crippen LogP contribution < -0.4 is 0 Å². The van der Waals surface area contributed by atoms with E-state index < -0.39 is 29.6 Å². The fourth-order valence-corrected chi connectivity index (χ4v) is 1.93. The topological polar surface area (TPSA) is 72.8 Å². The minimum Gasteiger partial charge on any atom is -0.467 e.